The van der Waals surface area contributed by atoms with Crippen molar-refractivity contribution >= 4 is 28.3 Å². The van der Waals surface area contributed by atoms with E-state index in [2.05, 4.69) is 53.7 Å². The molecule has 0 radical (unpaired) electrons. The van der Waals surface area contributed by atoms with Crippen LogP contribution in [0.15, 0.2) is 72.8 Å². The Balaban J connectivity index is 1.63. The molecule has 0 aliphatic carbocycles. The quantitative estimate of drug-likeness (QED) is 0.253. The van der Waals surface area contributed by atoms with Crippen molar-refractivity contribution in [1.82, 2.24) is 0 Å². The number of benzene rings is 4. The fourth-order valence-corrected chi connectivity index (χ4v) is 5.18. The van der Waals surface area contributed by atoms with E-state index in [1.807, 2.05) is 54.6 Å². The molecule has 0 saturated heterocycles. The number of amides is 2. The average Bonchev–Trinajstić information content (AvgIpc) is 2.88. The number of para-hydroxylation sites is 1. The maximum absolute atomic E-state index is 14.0. The lowest BCUT2D eigenvalue weighted by molar-refractivity contribution is 0.0893. The van der Waals surface area contributed by atoms with Gasteiger partial charge >= 0.3 is 0 Å². The molecule has 37 heavy (non-hydrogen) atoms. The molecule has 1 heterocycles. The molecule has 0 N–H and O–H groups in total. The largest absolute Gasteiger partial charge is 0.457 e. The number of hydrogen-bond donors (Lipinski definition) is 0. The molecule has 0 aromatic heterocycles. The van der Waals surface area contributed by atoms with Crippen LogP contribution >= 0.6 is 0 Å². The molecule has 188 valence electrons. The molecule has 0 spiro atoms. The summed E-state index contributed by atoms with van der Waals surface area (Å²) in [5.74, 6) is 1.50. The number of rotatable bonds is 6. The Kier molecular flexibility index (Phi) is 6.36. The van der Waals surface area contributed by atoms with Gasteiger partial charge in [-0.05, 0) is 64.8 Å². The standard InChI is InChI=1S/C33H33NO3/c1-19(2)22-13-15-23(16-14-22)37-29-18-17-28-30-26(29)11-8-12-27(30)32(35)34(33(28)36)31-24(20(3)4)9-7-10-25(31)21(5)6/h7-21H,1-6H3. The molecule has 0 atom stereocenters. The Bertz CT molecular complexity index is 1460. The van der Waals surface area contributed by atoms with Gasteiger partial charge in [0, 0.05) is 21.9 Å². The van der Waals surface area contributed by atoms with E-state index in [1.165, 1.54) is 10.5 Å². The van der Waals surface area contributed by atoms with E-state index >= 15 is 0 Å². The van der Waals surface area contributed by atoms with Crippen LogP contribution in [-0.2, 0) is 0 Å². The summed E-state index contributed by atoms with van der Waals surface area (Å²) in [4.78, 5) is 29.4. The van der Waals surface area contributed by atoms with E-state index in [1.54, 1.807) is 6.07 Å². The summed E-state index contributed by atoms with van der Waals surface area (Å²) in [5, 5.41) is 1.41. The summed E-state index contributed by atoms with van der Waals surface area (Å²) in [7, 11) is 0. The SMILES string of the molecule is CC(C)c1ccc(Oc2ccc3c4c(cccc24)C(=O)N(c2c(C(C)C)cccc2C(C)C)C3=O)cc1. The Hall–Kier alpha value is -3.92. The minimum absolute atomic E-state index is 0.157. The third kappa shape index (κ3) is 4.21. The number of nitrogens with zero attached hydrogens (tertiary/aromatic N) is 1. The van der Waals surface area contributed by atoms with E-state index in [0.29, 0.717) is 33.9 Å². The van der Waals surface area contributed by atoms with Gasteiger partial charge in [0.15, 0.2) is 0 Å². The molecule has 4 aromatic carbocycles. The lowest BCUT2D eigenvalue weighted by Gasteiger charge is -2.32. The topological polar surface area (TPSA) is 46.6 Å². The summed E-state index contributed by atoms with van der Waals surface area (Å²) in [6.07, 6.45) is 0. The number of carbonyl (C=O) groups excluding carboxylic acids is 2. The number of carbonyl (C=O) groups is 2. The molecular formula is C33H33NO3. The first-order valence-corrected chi connectivity index (χ1v) is 13.0. The van der Waals surface area contributed by atoms with Gasteiger partial charge in [-0.3, -0.25) is 9.59 Å². The zero-order valence-electron chi connectivity index (χ0n) is 22.3. The van der Waals surface area contributed by atoms with Gasteiger partial charge in [-0.2, -0.15) is 0 Å². The van der Waals surface area contributed by atoms with E-state index in [0.717, 1.165) is 22.2 Å². The first-order chi connectivity index (χ1) is 17.7. The third-order valence-electron chi connectivity index (χ3n) is 7.21. The number of anilines is 1. The third-order valence-corrected chi connectivity index (χ3v) is 7.21. The fraction of sp³-hybridized carbons (Fsp3) is 0.273. The van der Waals surface area contributed by atoms with Gasteiger partial charge in [-0.1, -0.05) is 84.0 Å². The molecule has 0 saturated carbocycles. The van der Waals surface area contributed by atoms with Crippen LogP contribution in [0.1, 0.15) is 96.7 Å². The van der Waals surface area contributed by atoms with Crippen LogP contribution in [0.3, 0.4) is 0 Å². The first kappa shape index (κ1) is 24.8. The summed E-state index contributed by atoms with van der Waals surface area (Å²) < 4.78 is 6.25. The minimum Gasteiger partial charge on any atom is -0.457 e. The van der Waals surface area contributed by atoms with Crippen LogP contribution in [0.4, 0.5) is 5.69 Å². The van der Waals surface area contributed by atoms with Crippen molar-refractivity contribution in [3.05, 3.63) is 101 Å². The van der Waals surface area contributed by atoms with Gasteiger partial charge in [-0.25, -0.2) is 4.90 Å². The summed E-state index contributed by atoms with van der Waals surface area (Å²) >= 11 is 0. The summed E-state index contributed by atoms with van der Waals surface area (Å²) in [6.45, 7) is 12.7. The van der Waals surface area contributed by atoms with Crippen LogP contribution in [0.2, 0.25) is 0 Å². The maximum atomic E-state index is 14.0. The van der Waals surface area contributed by atoms with E-state index < -0.39 is 0 Å². The zero-order valence-corrected chi connectivity index (χ0v) is 22.3. The predicted octanol–water partition coefficient (Wildman–Crippen LogP) is 8.80. The molecule has 5 rings (SSSR count). The van der Waals surface area contributed by atoms with Gasteiger partial charge in [-0.15, -0.1) is 0 Å². The van der Waals surface area contributed by atoms with Gasteiger partial charge in [0.1, 0.15) is 11.5 Å². The van der Waals surface area contributed by atoms with E-state index in [4.69, 9.17) is 4.74 Å². The van der Waals surface area contributed by atoms with E-state index in [9.17, 15) is 9.59 Å². The van der Waals surface area contributed by atoms with Gasteiger partial charge in [0.05, 0.1) is 5.69 Å². The zero-order chi connectivity index (χ0) is 26.4. The molecule has 4 heteroatoms. The van der Waals surface area contributed by atoms with Crippen molar-refractivity contribution in [3.8, 4) is 11.5 Å². The number of ether oxygens (including phenoxy) is 1. The van der Waals surface area contributed by atoms with Gasteiger partial charge in [0.2, 0.25) is 0 Å². The van der Waals surface area contributed by atoms with Crippen LogP contribution in [0.25, 0.3) is 10.8 Å². The van der Waals surface area contributed by atoms with E-state index in [-0.39, 0.29) is 23.7 Å². The molecule has 2 amide bonds. The van der Waals surface area contributed by atoms with Crippen LogP contribution in [-0.4, -0.2) is 11.8 Å². The second-order valence-electron chi connectivity index (χ2n) is 10.7. The van der Waals surface area contributed by atoms with Crippen molar-refractivity contribution in [3.63, 3.8) is 0 Å². The second-order valence-corrected chi connectivity index (χ2v) is 10.7. The highest BCUT2D eigenvalue weighted by molar-refractivity contribution is 6.36. The highest BCUT2D eigenvalue weighted by atomic mass is 16.5. The summed E-state index contributed by atoms with van der Waals surface area (Å²) in [6, 6.07) is 23.3. The maximum Gasteiger partial charge on any atom is 0.266 e. The van der Waals surface area contributed by atoms with Crippen LogP contribution < -0.4 is 9.64 Å². The smallest absolute Gasteiger partial charge is 0.266 e. The van der Waals surface area contributed by atoms with Crippen molar-refractivity contribution in [2.24, 2.45) is 0 Å². The summed E-state index contributed by atoms with van der Waals surface area (Å²) in [5.41, 5.74) is 4.97. The fourth-order valence-electron chi connectivity index (χ4n) is 5.18. The van der Waals surface area contributed by atoms with Crippen molar-refractivity contribution in [1.29, 1.82) is 0 Å². The van der Waals surface area contributed by atoms with Gasteiger partial charge in [0.25, 0.3) is 11.8 Å². The van der Waals surface area contributed by atoms with Crippen LogP contribution in [0.5, 0.6) is 11.5 Å². The average molecular weight is 492 g/mol. The predicted molar refractivity (Wildman–Crippen MR) is 150 cm³/mol. The highest BCUT2D eigenvalue weighted by Gasteiger charge is 2.37. The Morgan fingerprint density at radius 3 is 1.76 bits per heavy atom. The lowest BCUT2D eigenvalue weighted by Crippen LogP contribution is -2.41. The molecule has 0 unspecified atom stereocenters. The number of hydrogen-bond acceptors (Lipinski definition) is 3. The Labute approximate surface area is 218 Å². The Morgan fingerprint density at radius 1 is 0.622 bits per heavy atom. The van der Waals surface area contributed by atoms with Gasteiger partial charge < -0.3 is 4.74 Å². The molecule has 1 aliphatic heterocycles. The molecule has 0 fully saturated rings. The van der Waals surface area contributed by atoms with Crippen molar-refractivity contribution in [2.45, 2.75) is 59.3 Å². The number of imide groups is 1. The second kappa shape index (κ2) is 9.51. The normalized spacial score (nSPS) is 13.4. The minimum atomic E-state index is -0.295. The monoisotopic (exact) mass is 491 g/mol. The first-order valence-electron chi connectivity index (χ1n) is 13.0. The molecule has 0 bridgehead atoms. The van der Waals surface area contributed by atoms with Crippen LogP contribution in [0, 0.1) is 0 Å². The van der Waals surface area contributed by atoms with Crippen molar-refractivity contribution < 1.29 is 14.3 Å². The highest BCUT2D eigenvalue weighted by Crippen LogP contribution is 2.42. The van der Waals surface area contributed by atoms with Crippen molar-refractivity contribution in [2.75, 3.05) is 4.90 Å². The molecule has 4 nitrogen and oxygen atoms in total. The molecule has 1 aliphatic rings. The Morgan fingerprint density at radius 2 is 1.19 bits per heavy atom. The molecular weight excluding hydrogens is 458 g/mol. The molecule has 4 aromatic rings. The lowest BCUT2D eigenvalue weighted by atomic mass is 9.88.